The number of rotatable bonds is 6. The first-order chi connectivity index (χ1) is 10.3. The summed E-state index contributed by atoms with van der Waals surface area (Å²) in [6.45, 7) is 2.40. The van der Waals surface area contributed by atoms with Crippen molar-refractivity contribution in [3.8, 4) is 0 Å². The molecule has 1 atom stereocenters. The molecular formula is C18H33NO2. The summed E-state index contributed by atoms with van der Waals surface area (Å²) in [5.74, 6) is 0.693. The molecule has 0 aliphatic heterocycles. The molecule has 1 unspecified atom stereocenters. The summed E-state index contributed by atoms with van der Waals surface area (Å²) in [6, 6.07) is 0.446. The van der Waals surface area contributed by atoms with Crippen LogP contribution in [0.25, 0.3) is 0 Å². The van der Waals surface area contributed by atoms with E-state index in [1.54, 1.807) is 0 Å². The molecule has 0 amide bonds. The molecule has 0 aromatic carbocycles. The zero-order chi connectivity index (χ0) is 14.9. The van der Waals surface area contributed by atoms with Gasteiger partial charge < -0.3 is 10.1 Å². The predicted octanol–water partition coefficient (Wildman–Crippen LogP) is 4.20. The fraction of sp³-hybridized carbons (Fsp3) is 0.944. The van der Waals surface area contributed by atoms with Crippen LogP contribution in [0.2, 0.25) is 0 Å². The molecule has 0 spiro atoms. The molecule has 0 radical (unpaired) electrons. The fourth-order valence-electron chi connectivity index (χ4n) is 3.96. The average Bonchev–Trinajstić information content (AvgIpc) is 2.76. The van der Waals surface area contributed by atoms with Crippen LogP contribution in [0.4, 0.5) is 0 Å². The average molecular weight is 295 g/mol. The quantitative estimate of drug-likeness (QED) is 0.589. The number of esters is 1. The first kappa shape index (κ1) is 16.8. The van der Waals surface area contributed by atoms with Crippen molar-refractivity contribution in [3.63, 3.8) is 0 Å². The number of hydrogen-bond donors (Lipinski definition) is 1. The topological polar surface area (TPSA) is 38.3 Å². The van der Waals surface area contributed by atoms with Gasteiger partial charge in [-0.1, -0.05) is 57.8 Å². The van der Waals surface area contributed by atoms with Gasteiger partial charge in [0, 0.05) is 6.04 Å². The zero-order valence-electron chi connectivity index (χ0n) is 13.7. The summed E-state index contributed by atoms with van der Waals surface area (Å²) < 4.78 is 5.32. The Kier molecular flexibility index (Phi) is 7.56. The SMILES string of the molecule is CCOC(=O)C(CC1CCCCC1)NC1CCCCCC1. The molecule has 1 N–H and O–H groups in total. The summed E-state index contributed by atoms with van der Waals surface area (Å²) in [5, 5.41) is 3.65. The minimum Gasteiger partial charge on any atom is -0.465 e. The highest BCUT2D eigenvalue weighted by atomic mass is 16.5. The number of ether oxygens (including phenoxy) is 1. The monoisotopic (exact) mass is 295 g/mol. The van der Waals surface area contributed by atoms with Gasteiger partial charge in [0.15, 0.2) is 0 Å². The van der Waals surface area contributed by atoms with Gasteiger partial charge in [-0.25, -0.2) is 0 Å². The van der Waals surface area contributed by atoms with Crippen LogP contribution in [0.1, 0.15) is 84.0 Å². The molecule has 2 aliphatic carbocycles. The lowest BCUT2D eigenvalue weighted by Crippen LogP contribution is -2.45. The van der Waals surface area contributed by atoms with Gasteiger partial charge in [-0.05, 0) is 32.1 Å². The summed E-state index contributed by atoms with van der Waals surface area (Å²) in [5.41, 5.74) is 0. The van der Waals surface area contributed by atoms with Gasteiger partial charge in [-0.3, -0.25) is 4.79 Å². The highest BCUT2D eigenvalue weighted by Crippen LogP contribution is 2.28. The van der Waals surface area contributed by atoms with Gasteiger partial charge in [0.1, 0.15) is 6.04 Å². The summed E-state index contributed by atoms with van der Waals surface area (Å²) in [4.78, 5) is 12.3. The summed E-state index contributed by atoms with van der Waals surface area (Å²) >= 11 is 0. The van der Waals surface area contributed by atoms with Gasteiger partial charge in [0.05, 0.1) is 6.61 Å². The van der Waals surface area contributed by atoms with Crippen LogP contribution in [0, 0.1) is 5.92 Å². The van der Waals surface area contributed by atoms with Gasteiger partial charge >= 0.3 is 5.97 Å². The second-order valence-corrected chi connectivity index (χ2v) is 6.90. The Morgan fingerprint density at radius 3 is 2.19 bits per heavy atom. The third-order valence-electron chi connectivity index (χ3n) is 5.16. The van der Waals surface area contributed by atoms with Crippen molar-refractivity contribution in [2.75, 3.05) is 6.61 Å². The molecule has 0 heterocycles. The molecule has 0 saturated heterocycles. The van der Waals surface area contributed by atoms with E-state index in [0.29, 0.717) is 18.6 Å². The van der Waals surface area contributed by atoms with Crippen molar-refractivity contribution in [3.05, 3.63) is 0 Å². The largest absolute Gasteiger partial charge is 0.465 e. The molecule has 2 saturated carbocycles. The Hall–Kier alpha value is -0.570. The second-order valence-electron chi connectivity index (χ2n) is 6.90. The van der Waals surface area contributed by atoms with E-state index < -0.39 is 0 Å². The van der Waals surface area contributed by atoms with Gasteiger partial charge in [-0.15, -0.1) is 0 Å². The van der Waals surface area contributed by atoms with E-state index in [1.807, 2.05) is 6.92 Å². The van der Waals surface area contributed by atoms with Crippen LogP contribution in [0.3, 0.4) is 0 Å². The third-order valence-corrected chi connectivity index (χ3v) is 5.16. The summed E-state index contributed by atoms with van der Waals surface area (Å²) in [7, 11) is 0. The van der Waals surface area contributed by atoms with Crippen molar-refractivity contribution < 1.29 is 9.53 Å². The predicted molar refractivity (Wildman–Crippen MR) is 86.2 cm³/mol. The van der Waals surface area contributed by atoms with Crippen LogP contribution < -0.4 is 5.32 Å². The van der Waals surface area contributed by atoms with Crippen molar-refractivity contribution in [2.45, 2.75) is 96.1 Å². The minimum absolute atomic E-state index is 0.0210. The molecular weight excluding hydrogens is 262 g/mol. The van der Waals surface area contributed by atoms with Crippen LogP contribution in [0.15, 0.2) is 0 Å². The van der Waals surface area contributed by atoms with E-state index in [9.17, 15) is 4.79 Å². The molecule has 0 aromatic heterocycles. The fourth-order valence-corrected chi connectivity index (χ4v) is 3.96. The van der Waals surface area contributed by atoms with E-state index in [0.717, 1.165) is 6.42 Å². The van der Waals surface area contributed by atoms with Crippen LogP contribution in [-0.4, -0.2) is 24.7 Å². The Bertz CT molecular complexity index is 292. The van der Waals surface area contributed by atoms with E-state index in [1.165, 1.54) is 70.6 Å². The second kappa shape index (κ2) is 9.45. The van der Waals surface area contributed by atoms with Crippen LogP contribution in [0.5, 0.6) is 0 Å². The Morgan fingerprint density at radius 1 is 1.00 bits per heavy atom. The number of carbonyl (C=O) groups is 1. The van der Waals surface area contributed by atoms with Gasteiger partial charge in [0.25, 0.3) is 0 Å². The maximum atomic E-state index is 12.3. The maximum absolute atomic E-state index is 12.3. The van der Waals surface area contributed by atoms with E-state index in [4.69, 9.17) is 4.74 Å². The van der Waals surface area contributed by atoms with Gasteiger partial charge in [0.2, 0.25) is 0 Å². The molecule has 3 nitrogen and oxygen atoms in total. The van der Waals surface area contributed by atoms with E-state index in [-0.39, 0.29) is 12.0 Å². The number of hydrogen-bond acceptors (Lipinski definition) is 3. The van der Waals surface area contributed by atoms with Crippen LogP contribution >= 0.6 is 0 Å². The maximum Gasteiger partial charge on any atom is 0.323 e. The first-order valence-corrected chi connectivity index (χ1v) is 9.22. The van der Waals surface area contributed by atoms with Crippen molar-refractivity contribution in [1.29, 1.82) is 0 Å². The number of carbonyl (C=O) groups excluding carboxylic acids is 1. The summed E-state index contributed by atoms with van der Waals surface area (Å²) in [6.07, 6.45) is 15.4. The molecule has 3 heteroatoms. The lowest BCUT2D eigenvalue weighted by molar-refractivity contribution is -0.146. The smallest absolute Gasteiger partial charge is 0.323 e. The molecule has 21 heavy (non-hydrogen) atoms. The van der Waals surface area contributed by atoms with E-state index >= 15 is 0 Å². The molecule has 0 bridgehead atoms. The highest BCUT2D eigenvalue weighted by Gasteiger charge is 2.27. The minimum atomic E-state index is -0.0730. The molecule has 2 rings (SSSR count). The molecule has 2 fully saturated rings. The third kappa shape index (κ3) is 5.98. The van der Waals surface area contributed by atoms with E-state index in [2.05, 4.69) is 5.32 Å². The van der Waals surface area contributed by atoms with Crippen molar-refractivity contribution >= 4 is 5.97 Å². The Labute approximate surface area is 130 Å². The first-order valence-electron chi connectivity index (χ1n) is 9.22. The standard InChI is InChI=1S/C18H33NO2/c1-2-21-18(20)17(14-15-10-6-5-7-11-15)19-16-12-8-3-4-9-13-16/h15-17,19H,2-14H2,1H3. The normalized spacial score (nSPS) is 23.5. The Morgan fingerprint density at radius 2 is 1.57 bits per heavy atom. The lowest BCUT2D eigenvalue weighted by Gasteiger charge is -2.29. The zero-order valence-corrected chi connectivity index (χ0v) is 13.7. The van der Waals surface area contributed by atoms with Crippen molar-refractivity contribution in [1.82, 2.24) is 5.32 Å². The lowest BCUT2D eigenvalue weighted by atomic mass is 9.84. The highest BCUT2D eigenvalue weighted by molar-refractivity contribution is 5.75. The molecule has 122 valence electrons. The Balaban J connectivity index is 1.88. The molecule has 2 aliphatic rings. The number of nitrogens with one attached hydrogen (secondary N) is 1. The van der Waals surface area contributed by atoms with Gasteiger partial charge in [-0.2, -0.15) is 0 Å². The van der Waals surface area contributed by atoms with Crippen LogP contribution in [-0.2, 0) is 9.53 Å². The molecule has 0 aromatic rings. The van der Waals surface area contributed by atoms with Crippen molar-refractivity contribution in [2.24, 2.45) is 5.92 Å².